The lowest BCUT2D eigenvalue weighted by Crippen LogP contribution is -2.41. The van der Waals surface area contributed by atoms with Gasteiger partial charge in [0.25, 0.3) is 5.56 Å². The number of aryl methyl sites for hydroxylation is 2. The SMILES string of the molecule is Cc1cc2c(c(=O)n(-c3ccccc3)c(=O)n2CC(=O)Nc2cccc(C(F)(F)F)c2)n1C. The summed E-state index contributed by atoms with van der Waals surface area (Å²) in [5, 5.41) is 2.40. The van der Waals surface area contributed by atoms with Gasteiger partial charge in [-0.1, -0.05) is 24.3 Å². The minimum atomic E-state index is -4.56. The van der Waals surface area contributed by atoms with Crippen LogP contribution in [-0.4, -0.2) is 19.6 Å². The lowest BCUT2D eigenvalue weighted by Gasteiger charge is -2.14. The molecule has 0 aliphatic rings. The van der Waals surface area contributed by atoms with E-state index in [1.54, 1.807) is 54.9 Å². The summed E-state index contributed by atoms with van der Waals surface area (Å²) in [5.74, 6) is -0.711. The molecule has 0 unspecified atom stereocenters. The summed E-state index contributed by atoms with van der Waals surface area (Å²) in [4.78, 5) is 39.2. The van der Waals surface area contributed by atoms with Gasteiger partial charge in [0.15, 0.2) is 0 Å². The second-order valence-electron chi connectivity index (χ2n) is 7.55. The molecule has 0 spiro atoms. The molecule has 0 saturated carbocycles. The number of aromatic nitrogens is 3. The highest BCUT2D eigenvalue weighted by atomic mass is 19.4. The number of fused-ring (bicyclic) bond motifs is 1. The molecule has 0 aliphatic heterocycles. The number of carbonyl (C=O) groups excluding carboxylic acids is 1. The van der Waals surface area contributed by atoms with Crippen molar-refractivity contribution in [1.82, 2.24) is 13.7 Å². The predicted molar refractivity (Wildman–Crippen MR) is 118 cm³/mol. The van der Waals surface area contributed by atoms with Gasteiger partial charge in [-0.3, -0.25) is 14.2 Å². The van der Waals surface area contributed by atoms with Crippen LogP contribution < -0.4 is 16.6 Å². The summed E-state index contributed by atoms with van der Waals surface area (Å²) < 4.78 is 42.6. The van der Waals surface area contributed by atoms with E-state index < -0.39 is 35.4 Å². The molecular formula is C23H19F3N4O3. The maximum Gasteiger partial charge on any atom is 0.416 e. The first-order valence-corrected chi connectivity index (χ1v) is 9.92. The van der Waals surface area contributed by atoms with E-state index in [4.69, 9.17) is 0 Å². The largest absolute Gasteiger partial charge is 0.416 e. The number of hydrogen-bond acceptors (Lipinski definition) is 3. The molecule has 0 bridgehead atoms. The first kappa shape index (κ1) is 22.1. The molecule has 0 saturated heterocycles. The number of anilines is 1. The highest BCUT2D eigenvalue weighted by molar-refractivity contribution is 5.91. The number of carbonyl (C=O) groups is 1. The lowest BCUT2D eigenvalue weighted by molar-refractivity contribution is -0.137. The Labute approximate surface area is 185 Å². The summed E-state index contributed by atoms with van der Waals surface area (Å²) in [6.07, 6.45) is -4.56. The lowest BCUT2D eigenvalue weighted by atomic mass is 10.2. The number of halogens is 3. The first-order valence-electron chi connectivity index (χ1n) is 9.92. The molecule has 2 aromatic heterocycles. The molecule has 1 amide bonds. The fraction of sp³-hybridized carbons (Fsp3) is 0.174. The highest BCUT2D eigenvalue weighted by Gasteiger charge is 2.30. The fourth-order valence-corrected chi connectivity index (χ4v) is 3.66. The zero-order valence-corrected chi connectivity index (χ0v) is 17.7. The predicted octanol–water partition coefficient (Wildman–Crippen LogP) is 3.46. The maximum atomic E-state index is 13.3. The fourth-order valence-electron chi connectivity index (χ4n) is 3.66. The van der Waals surface area contributed by atoms with E-state index in [1.165, 1.54) is 12.1 Å². The molecule has 4 aromatic rings. The zero-order valence-electron chi connectivity index (χ0n) is 17.7. The Morgan fingerprint density at radius 3 is 2.36 bits per heavy atom. The van der Waals surface area contributed by atoms with Crippen molar-refractivity contribution in [3.63, 3.8) is 0 Å². The molecule has 10 heteroatoms. The van der Waals surface area contributed by atoms with Crippen molar-refractivity contribution < 1.29 is 18.0 Å². The van der Waals surface area contributed by atoms with Crippen molar-refractivity contribution in [3.8, 4) is 5.69 Å². The number of nitrogens with zero attached hydrogens (tertiary/aromatic N) is 3. The number of para-hydroxylation sites is 1. The molecular weight excluding hydrogens is 437 g/mol. The van der Waals surface area contributed by atoms with Gasteiger partial charge in [0.05, 0.1) is 16.8 Å². The van der Waals surface area contributed by atoms with Crippen LogP contribution in [0.15, 0.2) is 70.3 Å². The van der Waals surface area contributed by atoms with Gasteiger partial charge < -0.3 is 9.88 Å². The number of nitrogens with one attached hydrogen (secondary N) is 1. The van der Waals surface area contributed by atoms with Gasteiger partial charge in [0.2, 0.25) is 5.91 Å². The van der Waals surface area contributed by atoms with E-state index in [9.17, 15) is 27.6 Å². The zero-order chi connectivity index (χ0) is 23.9. The Kier molecular flexibility index (Phi) is 5.44. The minimum Gasteiger partial charge on any atom is -0.342 e. The summed E-state index contributed by atoms with van der Waals surface area (Å²) in [6.45, 7) is 1.26. The van der Waals surface area contributed by atoms with Crippen LogP contribution in [0.3, 0.4) is 0 Å². The van der Waals surface area contributed by atoms with Crippen LogP contribution >= 0.6 is 0 Å². The second kappa shape index (κ2) is 8.12. The highest BCUT2D eigenvalue weighted by Crippen LogP contribution is 2.30. The van der Waals surface area contributed by atoms with Crippen molar-refractivity contribution in [2.24, 2.45) is 7.05 Å². The quantitative estimate of drug-likeness (QED) is 0.511. The Morgan fingerprint density at radius 2 is 1.70 bits per heavy atom. The van der Waals surface area contributed by atoms with Gasteiger partial charge in [-0.2, -0.15) is 13.2 Å². The van der Waals surface area contributed by atoms with E-state index in [1.807, 2.05) is 0 Å². The van der Waals surface area contributed by atoms with Crippen molar-refractivity contribution in [2.45, 2.75) is 19.6 Å². The summed E-state index contributed by atoms with van der Waals surface area (Å²) >= 11 is 0. The molecule has 7 nitrogen and oxygen atoms in total. The summed E-state index contributed by atoms with van der Waals surface area (Å²) in [5.41, 5.74) is -0.718. The topological polar surface area (TPSA) is 78.0 Å². The summed E-state index contributed by atoms with van der Waals surface area (Å²) in [7, 11) is 1.67. The molecule has 2 heterocycles. The Hall–Kier alpha value is -4.08. The van der Waals surface area contributed by atoms with Crippen molar-refractivity contribution in [2.75, 3.05) is 5.32 Å². The van der Waals surface area contributed by atoms with Crippen LogP contribution in [0, 0.1) is 6.92 Å². The molecule has 0 atom stereocenters. The number of alkyl halides is 3. The van der Waals surface area contributed by atoms with Gasteiger partial charge >= 0.3 is 11.9 Å². The average Bonchev–Trinajstić information content (AvgIpc) is 3.06. The van der Waals surface area contributed by atoms with Crippen LogP contribution in [0.1, 0.15) is 11.3 Å². The van der Waals surface area contributed by atoms with Gasteiger partial charge in [0.1, 0.15) is 12.1 Å². The maximum absolute atomic E-state index is 13.3. The van der Waals surface area contributed by atoms with E-state index in [0.717, 1.165) is 21.3 Å². The standard InChI is InChI=1S/C23H19F3N4O3/c1-14-11-18-20(28(14)2)21(32)30(17-9-4-3-5-10-17)22(33)29(18)13-19(31)27-16-8-6-7-15(12-16)23(24,25)26/h3-12H,13H2,1-2H3,(H,27,31). The van der Waals surface area contributed by atoms with Crippen LogP contribution in [-0.2, 0) is 24.6 Å². The van der Waals surface area contributed by atoms with Crippen molar-refractivity contribution in [1.29, 1.82) is 0 Å². The summed E-state index contributed by atoms with van der Waals surface area (Å²) in [6, 6.07) is 14.1. The average molecular weight is 456 g/mol. The number of hydrogen-bond donors (Lipinski definition) is 1. The van der Waals surface area contributed by atoms with Gasteiger partial charge in [-0.05, 0) is 43.3 Å². The number of rotatable bonds is 4. The van der Waals surface area contributed by atoms with Gasteiger partial charge in [-0.15, -0.1) is 0 Å². The smallest absolute Gasteiger partial charge is 0.342 e. The van der Waals surface area contributed by atoms with Crippen molar-refractivity contribution >= 4 is 22.6 Å². The molecule has 0 aliphatic carbocycles. The third-order valence-electron chi connectivity index (χ3n) is 5.36. The van der Waals surface area contributed by atoms with Gasteiger partial charge in [0, 0.05) is 18.4 Å². The van der Waals surface area contributed by atoms with E-state index in [-0.39, 0.29) is 16.7 Å². The van der Waals surface area contributed by atoms with Crippen LogP contribution in [0.25, 0.3) is 16.7 Å². The molecule has 170 valence electrons. The monoisotopic (exact) mass is 456 g/mol. The molecule has 2 aromatic carbocycles. The number of amides is 1. The molecule has 0 fully saturated rings. The van der Waals surface area contributed by atoms with E-state index in [2.05, 4.69) is 5.32 Å². The Balaban J connectivity index is 1.80. The molecule has 0 radical (unpaired) electrons. The van der Waals surface area contributed by atoms with Crippen molar-refractivity contribution in [3.05, 3.63) is 92.8 Å². The second-order valence-corrected chi connectivity index (χ2v) is 7.55. The Bertz CT molecular complexity index is 1480. The normalized spacial score (nSPS) is 11.7. The molecule has 4 rings (SSSR count). The third kappa shape index (κ3) is 4.07. The van der Waals surface area contributed by atoms with Crippen LogP contribution in [0.4, 0.5) is 18.9 Å². The van der Waals surface area contributed by atoms with E-state index in [0.29, 0.717) is 11.4 Å². The van der Waals surface area contributed by atoms with Crippen LogP contribution in [0.5, 0.6) is 0 Å². The number of benzene rings is 2. The molecule has 1 N–H and O–H groups in total. The van der Waals surface area contributed by atoms with Gasteiger partial charge in [-0.25, -0.2) is 9.36 Å². The first-order chi connectivity index (χ1) is 15.6. The Morgan fingerprint density at radius 1 is 1.00 bits per heavy atom. The third-order valence-corrected chi connectivity index (χ3v) is 5.36. The minimum absolute atomic E-state index is 0.0558. The van der Waals surface area contributed by atoms with Crippen LogP contribution in [0.2, 0.25) is 0 Å². The van der Waals surface area contributed by atoms with E-state index >= 15 is 0 Å². The molecule has 33 heavy (non-hydrogen) atoms.